The molecule has 0 radical (unpaired) electrons. The zero-order chi connectivity index (χ0) is 15.3. The molecule has 0 aliphatic rings. The molecular formula is C8H14N6O5S. The van der Waals surface area contributed by atoms with Gasteiger partial charge in [0.15, 0.2) is 0 Å². The first-order valence-corrected chi connectivity index (χ1v) is 7.45. The smallest absolute Gasteiger partial charge is 0.326 e. The second kappa shape index (κ2) is 6.27. The number of carbonyl (C=O) groups excluding carboxylic acids is 1. The summed E-state index contributed by atoms with van der Waals surface area (Å²) in [5, 5.41) is 23.8. The van der Waals surface area contributed by atoms with E-state index in [0.29, 0.717) is 0 Å². The van der Waals surface area contributed by atoms with Gasteiger partial charge < -0.3 is 10.4 Å². The molecule has 112 valence electrons. The zero-order valence-corrected chi connectivity index (χ0v) is 11.6. The predicted octanol–water partition coefficient (Wildman–Crippen LogP) is -1.78. The molecule has 0 aliphatic heterocycles. The number of hydrogen-bond acceptors (Lipinski definition) is 7. The number of carboxylic acid groups (broad SMARTS) is 1. The second-order valence-corrected chi connectivity index (χ2v) is 6.27. The Kier molecular flexibility index (Phi) is 4.96. The number of rotatable bonds is 6. The van der Waals surface area contributed by atoms with Crippen molar-refractivity contribution >= 4 is 27.8 Å². The number of anilines is 1. The minimum atomic E-state index is -3.32. The van der Waals surface area contributed by atoms with Crippen LogP contribution in [0.1, 0.15) is 6.42 Å². The Hall–Kier alpha value is -2.24. The van der Waals surface area contributed by atoms with E-state index >= 15 is 0 Å². The highest BCUT2D eigenvalue weighted by Gasteiger charge is 2.22. The van der Waals surface area contributed by atoms with Crippen molar-refractivity contribution in [3.63, 3.8) is 0 Å². The van der Waals surface area contributed by atoms with Gasteiger partial charge in [-0.15, -0.1) is 5.10 Å². The summed E-state index contributed by atoms with van der Waals surface area (Å²) in [4.78, 5) is 23.5. The Labute approximate surface area is 114 Å². The number of tetrazole rings is 1. The minimum Gasteiger partial charge on any atom is -0.480 e. The van der Waals surface area contributed by atoms with Gasteiger partial charge in [-0.2, -0.15) is 4.80 Å². The third-order valence-electron chi connectivity index (χ3n) is 2.11. The highest BCUT2D eigenvalue weighted by Crippen LogP contribution is 1.99. The molecular weight excluding hydrogens is 292 g/mol. The number of nitrogens with one attached hydrogen (secondary N) is 2. The molecule has 0 aliphatic carbocycles. The normalized spacial score (nSPS) is 12.7. The lowest BCUT2D eigenvalue weighted by Crippen LogP contribution is -2.44. The van der Waals surface area contributed by atoms with E-state index in [1.807, 2.05) is 0 Å². The fraction of sp³-hybridized carbons (Fsp3) is 0.625. The monoisotopic (exact) mass is 306 g/mol. The van der Waals surface area contributed by atoms with Crippen molar-refractivity contribution in [1.29, 1.82) is 0 Å². The van der Waals surface area contributed by atoms with Crippen LogP contribution in [0.2, 0.25) is 0 Å². The molecule has 2 amide bonds. The molecule has 11 nitrogen and oxygen atoms in total. The number of aliphatic carboxylic acids is 1. The summed E-state index contributed by atoms with van der Waals surface area (Å²) in [7, 11) is -1.83. The molecule has 1 unspecified atom stereocenters. The maximum Gasteiger partial charge on any atom is 0.326 e. The van der Waals surface area contributed by atoms with Crippen LogP contribution in [0, 0.1) is 0 Å². The molecule has 1 aromatic heterocycles. The van der Waals surface area contributed by atoms with E-state index in [0.717, 1.165) is 11.1 Å². The van der Waals surface area contributed by atoms with Crippen LogP contribution in [0.15, 0.2) is 0 Å². The standard InChI is InChI=1S/C8H14N6O5S/c1-14-12-7(11-13-14)10-8(17)9-5(6(15)16)3-4-20(2,18)19/h5H,3-4H2,1-2H3,(H,15,16)(H2,9,10,12,17). The lowest BCUT2D eigenvalue weighted by Gasteiger charge is -2.13. The number of carboxylic acids is 1. The van der Waals surface area contributed by atoms with Crippen LogP contribution >= 0.6 is 0 Å². The van der Waals surface area contributed by atoms with E-state index in [1.165, 1.54) is 7.05 Å². The Morgan fingerprint density at radius 3 is 2.55 bits per heavy atom. The SMILES string of the molecule is Cn1nnc(NC(=O)NC(CCS(C)(=O)=O)C(=O)O)n1. The van der Waals surface area contributed by atoms with Crippen LogP contribution < -0.4 is 10.6 Å². The summed E-state index contributed by atoms with van der Waals surface area (Å²) in [6, 6.07) is -2.19. The maximum absolute atomic E-state index is 11.5. The highest BCUT2D eigenvalue weighted by molar-refractivity contribution is 7.90. The molecule has 0 fully saturated rings. The van der Waals surface area contributed by atoms with Crippen LogP contribution in [0.5, 0.6) is 0 Å². The van der Waals surface area contributed by atoms with Crippen LogP contribution in [0.4, 0.5) is 10.7 Å². The van der Waals surface area contributed by atoms with Crippen molar-refractivity contribution in [2.45, 2.75) is 12.5 Å². The Morgan fingerprint density at radius 2 is 2.10 bits per heavy atom. The number of sulfone groups is 1. The van der Waals surface area contributed by atoms with Crippen LogP contribution in [-0.4, -0.2) is 63.8 Å². The first kappa shape index (κ1) is 15.8. The van der Waals surface area contributed by atoms with Crippen molar-refractivity contribution in [3.05, 3.63) is 0 Å². The maximum atomic E-state index is 11.5. The van der Waals surface area contributed by atoms with Gasteiger partial charge in [0.2, 0.25) is 0 Å². The van der Waals surface area contributed by atoms with Gasteiger partial charge in [0.1, 0.15) is 15.9 Å². The number of carbonyl (C=O) groups is 2. The third kappa shape index (κ3) is 5.60. The fourth-order valence-corrected chi connectivity index (χ4v) is 1.88. The lowest BCUT2D eigenvalue weighted by atomic mass is 10.2. The predicted molar refractivity (Wildman–Crippen MR) is 66.7 cm³/mol. The molecule has 3 N–H and O–H groups in total. The van der Waals surface area contributed by atoms with Gasteiger partial charge in [-0.3, -0.25) is 5.32 Å². The molecule has 0 saturated carbocycles. The van der Waals surface area contributed by atoms with E-state index in [2.05, 4.69) is 26.0 Å². The van der Waals surface area contributed by atoms with Crippen molar-refractivity contribution in [3.8, 4) is 0 Å². The molecule has 1 heterocycles. The number of amides is 2. The summed E-state index contributed by atoms with van der Waals surface area (Å²) in [5.74, 6) is -1.79. The van der Waals surface area contributed by atoms with Gasteiger partial charge >= 0.3 is 12.0 Å². The van der Waals surface area contributed by atoms with Crippen molar-refractivity contribution in [2.75, 3.05) is 17.3 Å². The van der Waals surface area contributed by atoms with Crippen LogP contribution in [0.3, 0.4) is 0 Å². The number of nitrogens with zero attached hydrogens (tertiary/aromatic N) is 4. The van der Waals surface area contributed by atoms with Crippen molar-refractivity contribution in [2.24, 2.45) is 7.05 Å². The summed E-state index contributed by atoms with van der Waals surface area (Å²) >= 11 is 0. The molecule has 0 spiro atoms. The van der Waals surface area contributed by atoms with E-state index in [-0.39, 0.29) is 18.1 Å². The summed E-state index contributed by atoms with van der Waals surface area (Å²) < 4.78 is 22.0. The topological polar surface area (TPSA) is 156 Å². The zero-order valence-electron chi connectivity index (χ0n) is 10.8. The molecule has 1 rings (SSSR count). The van der Waals surface area contributed by atoms with Crippen molar-refractivity contribution < 1.29 is 23.1 Å². The number of urea groups is 1. The van der Waals surface area contributed by atoms with Gasteiger partial charge in [0, 0.05) is 6.26 Å². The second-order valence-electron chi connectivity index (χ2n) is 4.01. The first-order chi connectivity index (χ1) is 9.17. The number of aromatic nitrogens is 4. The van der Waals surface area contributed by atoms with Crippen LogP contribution in [0.25, 0.3) is 0 Å². The Morgan fingerprint density at radius 1 is 1.45 bits per heavy atom. The van der Waals surface area contributed by atoms with Gasteiger partial charge in [-0.05, 0) is 11.6 Å². The summed E-state index contributed by atoms with van der Waals surface area (Å²) in [6.07, 6.45) is 0.741. The molecule has 0 bridgehead atoms. The Balaban J connectivity index is 2.57. The number of hydrogen-bond donors (Lipinski definition) is 3. The lowest BCUT2D eigenvalue weighted by molar-refractivity contribution is -0.139. The van der Waals surface area contributed by atoms with Gasteiger partial charge in [0.25, 0.3) is 5.95 Å². The average molecular weight is 306 g/mol. The minimum absolute atomic E-state index is 0.0998. The fourth-order valence-electron chi connectivity index (χ4n) is 1.22. The van der Waals surface area contributed by atoms with Gasteiger partial charge in [-0.25, -0.2) is 18.0 Å². The van der Waals surface area contributed by atoms with Gasteiger partial charge in [-0.1, -0.05) is 5.10 Å². The molecule has 20 heavy (non-hydrogen) atoms. The summed E-state index contributed by atoms with van der Waals surface area (Å²) in [5.41, 5.74) is 0. The van der Waals surface area contributed by atoms with E-state index in [9.17, 15) is 18.0 Å². The Bertz CT molecular complexity index is 596. The van der Waals surface area contributed by atoms with Crippen LogP contribution in [-0.2, 0) is 21.7 Å². The molecule has 1 aromatic rings. The first-order valence-electron chi connectivity index (χ1n) is 5.39. The van der Waals surface area contributed by atoms with Gasteiger partial charge in [0.05, 0.1) is 12.8 Å². The quantitative estimate of drug-likeness (QED) is 0.556. The average Bonchev–Trinajstić information content (AvgIpc) is 2.68. The summed E-state index contributed by atoms with van der Waals surface area (Å²) in [6.45, 7) is 0. The van der Waals surface area contributed by atoms with E-state index in [4.69, 9.17) is 5.11 Å². The van der Waals surface area contributed by atoms with E-state index in [1.54, 1.807) is 0 Å². The molecule has 1 atom stereocenters. The third-order valence-corrected chi connectivity index (χ3v) is 3.09. The molecule has 0 saturated heterocycles. The molecule has 12 heteroatoms. The number of aryl methyl sites for hydroxylation is 1. The highest BCUT2D eigenvalue weighted by atomic mass is 32.2. The van der Waals surface area contributed by atoms with Crippen molar-refractivity contribution in [1.82, 2.24) is 25.5 Å². The van der Waals surface area contributed by atoms with E-state index < -0.39 is 27.9 Å². The largest absolute Gasteiger partial charge is 0.480 e. The molecule has 0 aromatic carbocycles.